The normalized spacial score (nSPS) is 12.1. The third kappa shape index (κ3) is 2.56. The molecule has 80 valence electrons. The Balaban J connectivity index is 2.29. The van der Waals surface area contributed by atoms with Gasteiger partial charge in [-0.2, -0.15) is 8.42 Å². The predicted molar refractivity (Wildman–Crippen MR) is 61.5 cm³/mol. The molecule has 0 N–H and O–H groups in total. The van der Waals surface area contributed by atoms with E-state index in [1.54, 1.807) is 11.3 Å². The molecule has 15 heavy (non-hydrogen) atoms. The molecule has 0 atom stereocenters. The van der Waals surface area contributed by atoms with Crippen LogP contribution < -0.4 is 0 Å². The van der Waals surface area contributed by atoms with Crippen molar-refractivity contribution in [2.45, 2.75) is 6.61 Å². The predicted octanol–water partition coefficient (Wildman–Crippen LogP) is 2.38. The lowest BCUT2D eigenvalue weighted by Gasteiger charge is -1.99. The number of thiophene rings is 1. The van der Waals surface area contributed by atoms with Gasteiger partial charge in [0, 0.05) is 4.70 Å². The maximum absolute atomic E-state index is 10.8. The first-order valence-electron chi connectivity index (χ1n) is 4.36. The fraction of sp³-hybridized carbons (Fsp3) is 0.200. The van der Waals surface area contributed by atoms with Crippen LogP contribution in [0.4, 0.5) is 0 Å². The van der Waals surface area contributed by atoms with E-state index in [0.717, 1.165) is 21.9 Å². The largest absolute Gasteiger partial charge is 0.265 e. The maximum Gasteiger partial charge on any atom is 0.264 e. The van der Waals surface area contributed by atoms with Crippen molar-refractivity contribution in [1.29, 1.82) is 0 Å². The Hall–Kier alpha value is -0.910. The first-order chi connectivity index (χ1) is 7.06. The summed E-state index contributed by atoms with van der Waals surface area (Å²) in [6, 6.07) is 7.86. The van der Waals surface area contributed by atoms with Gasteiger partial charge in [-0.15, -0.1) is 11.3 Å². The van der Waals surface area contributed by atoms with Crippen molar-refractivity contribution < 1.29 is 12.6 Å². The molecule has 2 aromatic rings. The Labute approximate surface area is 92.4 Å². The molecule has 0 aliphatic heterocycles. The molecule has 0 saturated carbocycles. The molecule has 0 aliphatic carbocycles. The molecular weight excluding hydrogens is 232 g/mol. The van der Waals surface area contributed by atoms with Crippen LogP contribution >= 0.6 is 11.3 Å². The number of hydrogen-bond acceptors (Lipinski definition) is 4. The number of hydrogen-bond donors (Lipinski definition) is 0. The minimum absolute atomic E-state index is 0.114. The average molecular weight is 242 g/mol. The van der Waals surface area contributed by atoms with Crippen LogP contribution in [0, 0.1) is 0 Å². The Morgan fingerprint density at radius 2 is 2.07 bits per heavy atom. The highest BCUT2D eigenvalue weighted by molar-refractivity contribution is 7.85. The van der Waals surface area contributed by atoms with Crippen molar-refractivity contribution in [3.05, 3.63) is 35.2 Å². The van der Waals surface area contributed by atoms with Crippen molar-refractivity contribution in [3.8, 4) is 0 Å². The van der Waals surface area contributed by atoms with E-state index >= 15 is 0 Å². The monoisotopic (exact) mass is 242 g/mol. The molecule has 5 heteroatoms. The molecule has 0 bridgehead atoms. The van der Waals surface area contributed by atoms with Gasteiger partial charge >= 0.3 is 0 Å². The lowest BCUT2D eigenvalue weighted by Crippen LogP contribution is -2.01. The molecule has 2 rings (SSSR count). The van der Waals surface area contributed by atoms with Gasteiger partial charge in [0.25, 0.3) is 10.1 Å². The van der Waals surface area contributed by atoms with Crippen LogP contribution in [0.3, 0.4) is 0 Å². The molecule has 0 spiro atoms. The molecule has 0 radical (unpaired) electrons. The van der Waals surface area contributed by atoms with E-state index in [-0.39, 0.29) is 6.61 Å². The third-order valence-corrected chi connectivity index (χ3v) is 3.55. The second-order valence-corrected chi connectivity index (χ2v) is 5.78. The van der Waals surface area contributed by atoms with Gasteiger partial charge < -0.3 is 0 Å². The van der Waals surface area contributed by atoms with Gasteiger partial charge in [-0.25, -0.2) is 0 Å². The smallest absolute Gasteiger partial charge is 0.264 e. The van der Waals surface area contributed by atoms with E-state index in [2.05, 4.69) is 0 Å². The Kier molecular flexibility index (Phi) is 2.77. The van der Waals surface area contributed by atoms with Crippen molar-refractivity contribution in [1.82, 2.24) is 0 Å². The van der Waals surface area contributed by atoms with E-state index in [4.69, 9.17) is 4.18 Å². The minimum atomic E-state index is -3.36. The second-order valence-electron chi connectivity index (χ2n) is 3.22. The maximum atomic E-state index is 10.8. The van der Waals surface area contributed by atoms with Gasteiger partial charge in [0.1, 0.15) is 0 Å². The molecule has 1 aromatic heterocycles. The Morgan fingerprint density at radius 1 is 1.33 bits per heavy atom. The summed E-state index contributed by atoms with van der Waals surface area (Å²) in [5, 5.41) is 2.99. The zero-order valence-electron chi connectivity index (χ0n) is 8.14. The minimum Gasteiger partial charge on any atom is -0.265 e. The van der Waals surface area contributed by atoms with E-state index in [0.29, 0.717) is 0 Å². The summed E-state index contributed by atoms with van der Waals surface area (Å²) < 4.78 is 27.6. The van der Waals surface area contributed by atoms with Crippen molar-refractivity contribution in [2.75, 3.05) is 6.26 Å². The highest BCUT2D eigenvalue weighted by atomic mass is 32.2. The topological polar surface area (TPSA) is 43.4 Å². The standard InChI is InChI=1S/C10H10O3S2/c1-15(11,12)13-6-8-7-14-10-5-3-2-4-9(8)10/h2-5,7H,6H2,1H3. The van der Waals surface area contributed by atoms with Crippen LogP contribution in [0.5, 0.6) is 0 Å². The Bertz CT molecular complexity index is 569. The van der Waals surface area contributed by atoms with Gasteiger partial charge in [-0.3, -0.25) is 4.18 Å². The molecular formula is C10H10O3S2. The van der Waals surface area contributed by atoms with Crippen LogP contribution in [0.1, 0.15) is 5.56 Å². The van der Waals surface area contributed by atoms with Crippen molar-refractivity contribution in [2.24, 2.45) is 0 Å². The van der Waals surface area contributed by atoms with Crippen LogP contribution in [-0.4, -0.2) is 14.7 Å². The lowest BCUT2D eigenvalue weighted by atomic mass is 10.2. The molecule has 0 amide bonds. The second kappa shape index (κ2) is 3.92. The van der Waals surface area contributed by atoms with E-state index in [1.807, 2.05) is 29.6 Å². The summed E-state index contributed by atoms with van der Waals surface area (Å²) in [5.74, 6) is 0. The zero-order chi connectivity index (χ0) is 10.9. The van der Waals surface area contributed by atoms with E-state index in [1.165, 1.54) is 0 Å². The third-order valence-electron chi connectivity index (χ3n) is 1.99. The van der Waals surface area contributed by atoms with Crippen LogP contribution in [-0.2, 0) is 20.9 Å². The summed E-state index contributed by atoms with van der Waals surface area (Å²) in [6.45, 7) is 0.114. The molecule has 3 nitrogen and oxygen atoms in total. The zero-order valence-corrected chi connectivity index (χ0v) is 9.77. The number of rotatable bonds is 3. The fourth-order valence-corrected chi connectivity index (χ4v) is 2.60. The summed E-state index contributed by atoms with van der Waals surface area (Å²) in [6.07, 6.45) is 1.06. The van der Waals surface area contributed by atoms with E-state index < -0.39 is 10.1 Å². The molecule has 1 aromatic carbocycles. The van der Waals surface area contributed by atoms with Gasteiger partial charge in [0.05, 0.1) is 12.9 Å². The average Bonchev–Trinajstić information content (AvgIpc) is 2.57. The summed E-state index contributed by atoms with van der Waals surface area (Å²) in [4.78, 5) is 0. The van der Waals surface area contributed by atoms with Crippen molar-refractivity contribution in [3.63, 3.8) is 0 Å². The van der Waals surface area contributed by atoms with E-state index in [9.17, 15) is 8.42 Å². The van der Waals surface area contributed by atoms with Gasteiger partial charge in [0.15, 0.2) is 0 Å². The highest BCUT2D eigenvalue weighted by Gasteiger charge is 2.07. The summed E-state index contributed by atoms with van der Waals surface area (Å²) in [7, 11) is -3.36. The Morgan fingerprint density at radius 3 is 2.80 bits per heavy atom. The van der Waals surface area contributed by atoms with Crippen LogP contribution in [0.25, 0.3) is 10.1 Å². The molecule has 0 saturated heterocycles. The first-order valence-corrected chi connectivity index (χ1v) is 7.05. The van der Waals surface area contributed by atoms with Gasteiger partial charge in [-0.05, 0) is 22.4 Å². The molecule has 0 fully saturated rings. The number of benzene rings is 1. The summed E-state index contributed by atoms with van der Waals surface area (Å²) in [5.41, 5.74) is 0.918. The molecule has 0 unspecified atom stereocenters. The van der Waals surface area contributed by atoms with Gasteiger partial charge in [-0.1, -0.05) is 18.2 Å². The quantitative estimate of drug-likeness (QED) is 0.776. The lowest BCUT2D eigenvalue weighted by molar-refractivity contribution is 0.313. The van der Waals surface area contributed by atoms with Crippen LogP contribution in [0.2, 0.25) is 0 Å². The highest BCUT2D eigenvalue weighted by Crippen LogP contribution is 2.26. The van der Waals surface area contributed by atoms with Gasteiger partial charge in [0.2, 0.25) is 0 Å². The first kappa shape index (κ1) is 10.6. The summed E-state index contributed by atoms with van der Waals surface area (Å²) >= 11 is 1.59. The SMILES string of the molecule is CS(=O)(=O)OCc1csc2ccccc12. The molecule has 0 aliphatic rings. The number of fused-ring (bicyclic) bond motifs is 1. The van der Waals surface area contributed by atoms with Crippen LogP contribution in [0.15, 0.2) is 29.6 Å². The molecule has 1 heterocycles. The van der Waals surface area contributed by atoms with Crippen molar-refractivity contribution >= 4 is 31.5 Å². The fourth-order valence-electron chi connectivity index (χ4n) is 1.32.